The molecule has 0 spiro atoms. The number of fused-ring (bicyclic) bond motifs is 1. The van der Waals surface area contributed by atoms with Gasteiger partial charge in [0.25, 0.3) is 0 Å². The van der Waals surface area contributed by atoms with Crippen LogP contribution in [-0.4, -0.2) is 65.8 Å². The van der Waals surface area contributed by atoms with Crippen LogP contribution in [0.4, 0.5) is 4.79 Å². The Bertz CT molecular complexity index is 708. The van der Waals surface area contributed by atoms with E-state index in [-0.39, 0.29) is 36.8 Å². The van der Waals surface area contributed by atoms with Crippen LogP contribution in [0.2, 0.25) is 0 Å². The normalized spacial score (nSPS) is 22.0. The summed E-state index contributed by atoms with van der Waals surface area (Å²) < 4.78 is 0. The third-order valence-corrected chi connectivity index (χ3v) is 5.66. The average molecular weight is 424 g/mol. The minimum Gasteiger partial charge on any atom is -0.465 e. The minimum absolute atomic E-state index is 0. The van der Waals surface area contributed by atoms with Crippen molar-refractivity contribution in [1.29, 1.82) is 0 Å². The van der Waals surface area contributed by atoms with Gasteiger partial charge in [-0.3, -0.25) is 4.90 Å². The molecule has 2 fully saturated rings. The Morgan fingerprint density at radius 2 is 1.50 bits per heavy atom. The maximum atomic E-state index is 11.4. The van der Waals surface area contributed by atoms with Crippen LogP contribution in [0, 0.1) is 0 Å². The fraction of sp³-hybridized carbons (Fsp3) is 0.381. The second kappa shape index (κ2) is 10.1. The van der Waals surface area contributed by atoms with Crippen LogP contribution < -0.4 is 5.32 Å². The van der Waals surface area contributed by atoms with Gasteiger partial charge in [-0.05, 0) is 11.1 Å². The van der Waals surface area contributed by atoms with E-state index in [1.807, 2.05) is 0 Å². The van der Waals surface area contributed by atoms with Crippen molar-refractivity contribution in [3.63, 3.8) is 0 Å². The minimum atomic E-state index is -0.811. The Kier molecular flexibility index (Phi) is 8.13. The SMILES string of the molecule is Cl.Cl.O=C(O)N1CCN2[C@H](CNC[C@H]2C(c2ccccc2)c2ccccc2)C1. The summed E-state index contributed by atoms with van der Waals surface area (Å²) in [6.07, 6.45) is -0.811. The number of benzene rings is 2. The lowest BCUT2D eigenvalue weighted by atomic mass is 9.82. The molecule has 0 bridgehead atoms. The molecule has 2 aliphatic rings. The molecule has 0 aromatic heterocycles. The molecule has 28 heavy (non-hydrogen) atoms. The van der Waals surface area contributed by atoms with Crippen LogP contribution in [0.25, 0.3) is 0 Å². The number of nitrogens with zero attached hydrogens (tertiary/aromatic N) is 2. The van der Waals surface area contributed by atoms with Gasteiger partial charge in [-0.25, -0.2) is 4.79 Å². The molecule has 2 heterocycles. The Hall–Kier alpha value is -1.79. The van der Waals surface area contributed by atoms with E-state index in [4.69, 9.17) is 0 Å². The molecule has 5 nitrogen and oxygen atoms in total. The fourth-order valence-corrected chi connectivity index (χ4v) is 4.44. The molecule has 0 saturated carbocycles. The second-order valence-electron chi connectivity index (χ2n) is 7.14. The first kappa shape index (κ1) is 22.5. The third-order valence-electron chi connectivity index (χ3n) is 5.66. The highest BCUT2D eigenvalue weighted by Gasteiger charge is 2.40. The van der Waals surface area contributed by atoms with Crippen molar-refractivity contribution < 1.29 is 9.90 Å². The van der Waals surface area contributed by atoms with Gasteiger partial charge in [-0.1, -0.05) is 60.7 Å². The largest absolute Gasteiger partial charge is 0.465 e. The van der Waals surface area contributed by atoms with Crippen LogP contribution in [-0.2, 0) is 0 Å². The molecule has 2 N–H and O–H groups in total. The maximum Gasteiger partial charge on any atom is 0.407 e. The summed E-state index contributed by atoms with van der Waals surface area (Å²) in [4.78, 5) is 15.4. The van der Waals surface area contributed by atoms with Crippen molar-refractivity contribution >= 4 is 30.9 Å². The zero-order valence-corrected chi connectivity index (χ0v) is 17.2. The van der Waals surface area contributed by atoms with Gasteiger partial charge >= 0.3 is 6.09 Å². The van der Waals surface area contributed by atoms with Gasteiger partial charge in [-0.15, -0.1) is 24.8 Å². The molecule has 2 aliphatic heterocycles. The van der Waals surface area contributed by atoms with E-state index < -0.39 is 6.09 Å². The summed E-state index contributed by atoms with van der Waals surface area (Å²) in [7, 11) is 0. The van der Waals surface area contributed by atoms with E-state index in [0.717, 1.165) is 19.6 Å². The molecule has 0 aliphatic carbocycles. The van der Waals surface area contributed by atoms with Gasteiger partial charge in [0.05, 0.1) is 0 Å². The van der Waals surface area contributed by atoms with E-state index in [1.165, 1.54) is 11.1 Å². The van der Waals surface area contributed by atoms with Gasteiger partial charge in [-0.2, -0.15) is 0 Å². The summed E-state index contributed by atoms with van der Waals surface area (Å²) in [5.41, 5.74) is 2.62. The number of hydrogen-bond acceptors (Lipinski definition) is 3. The van der Waals surface area contributed by atoms with Gasteiger partial charge in [0.15, 0.2) is 0 Å². The molecule has 2 atom stereocenters. The van der Waals surface area contributed by atoms with Crippen molar-refractivity contribution in [3.8, 4) is 0 Å². The Labute approximate surface area is 178 Å². The predicted molar refractivity (Wildman–Crippen MR) is 116 cm³/mol. The van der Waals surface area contributed by atoms with Gasteiger partial charge < -0.3 is 15.3 Å². The summed E-state index contributed by atoms with van der Waals surface area (Å²) in [5.74, 6) is 0.268. The zero-order chi connectivity index (χ0) is 17.9. The Morgan fingerprint density at radius 3 is 2.04 bits per heavy atom. The first-order chi connectivity index (χ1) is 12.7. The Morgan fingerprint density at radius 1 is 0.929 bits per heavy atom. The molecule has 4 rings (SSSR count). The monoisotopic (exact) mass is 423 g/mol. The number of piperazine rings is 2. The molecule has 7 heteroatoms. The fourth-order valence-electron chi connectivity index (χ4n) is 4.44. The number of amides is 1. The molecule has 2 aromatic carbocycles. The van der Waals surface area contributed by atoms with Crippen LogP contribution in [0.5, 0.6) is 0 Å². The van der Waals surface area contributed by atoms with Crippen LogP contribution in [0.1, 0.15) is 17.0 Å². The number of nitrogens with one attached hydrogen (secondary N) is 1. The topological polar surface area (TPSA) is 55.8 Å². The number of halogens is 2. The van der Waals surface area contributed by atoms with Crippen molar-refractivity contribution in [1.82, 2.24) is 15.1 Å². The van der Waals surface area contributed by atoms with Crippen molar-refractivity contribution in [2.75, 3.05) is 32.7 Å². The number of carbonyl (C=O) groups is 1. The van der Waals surface area contributed by atoms with Crippen molar-refractivity contribution in [3.05, 3.63) is 71.8 Å². The van der Waals surface area contributed by atoms with E-state index in [2.05, 4.69) is 70.9 Å². The maximum absolute atomic E-state index is 11.4. The molecule has 152 valence electrons. The highest BCUT2D eigenvalue weighted by Crippen LogP contribution is 2.33. The lowest BCUT2D eigenvalue weighted by Gasteiger charge is -2.50. The third kappa shape index (κ3) is 4.61. The van der Waals surface area contributed by atoms with Crippen LogP contribution in [0.3, 0.4) is 0 Å². The lowest BCUT2D eigenvalue weighted by Crippen LogP contribution is -2.66. The molecule has 0 radical (unpaired) electrons. The van der Waals surface area contributed by atoms with Gasteiger partial charge in [0.1, 0.15) is 0 Å². The summed E-state index contributed by atoms with van der Waals surface area (Å²) in [5, 5.41) is 12.9. The molecule has 0 unspecified atom stereocenters. The average Bonchev–Trinajstić information content (AvgIpc) is 2.69. The summed E-state index contributed by atoms with van der Waals surface area (Å²) in [6, 6.07) is 21.9. The first-order valence-electron chi connectivity index (χ1n) is 9.28. The summed E-state index contributed by atoms with van der Waals surface area (Å²) in [6.45, 7) is 3.71. The highest BCUT2D eigenvalue weighted by molar-refractivity contribution is 5.85. The van der Waals surface area contributed by atoms with E-state index in [0.29, 0.717) is 19.1 Å². The quantitative estimate of drug-likeness (QED) is 0.794. The molecule has 2 saturated heterocycles. The van der Waals surface area contributed by atoms with Crippen LogP contribution in [0.15, 0.2) is 60.7 Å². The highest BCUT2D eigenvalue weighted by atomic mass is 35.5. The number of hydrogen-bond donors (Lipinski definition) is 2. The molecular formula is C21H27Cl2N3O2. The summed E-state index contributed by atoms with van der Waals surface area (Å²) >= 11 is 0. The molecule has 1 amide bonds. The van der Waals surface area contributed by atoms with Gasteiger partial charge in [0, 0.05) is 50.7 Å². The van der Waals surface area contributed by atoms with Gasteiger partial charge in [0.2, 0.25) is 0 Å². The first-order valence-corrected chi connectivity index (χ1v) is 9.28. The van der Waals surface area contributed by atoms with E-state index in [9.17, 15) is 9.90 Å². The zero-order valence-electron chi connectivity index (χ0n) is 15.6. The molecule has 2 aromatic rings. The number of rotatable bonds is 3. The standard InChI is InChI=1S/C21H25N3O2.2ClH/c25-21(26)23-11-12-24-18(15-23)13-22-14-19(24)20(16-7-3-1-4-8-16)17-9-5-2-6-10-17;;/h1-10,18-20,22H,11-15H2,(H,25,26);2*1H/t18-,19+;;/m1../s1. The second-order valence-corrected chi connectivity index (χ2v) is 7.14. The predicted octanol–water partition coefficient (Wildman–Crippen LogP) is 3.30. The van der Waals surface area contributed by atoms with Crippen LogP contribution >= 0.6 is 24.8 Å². The number of carboxylic acid groups (broad SMARTS) is 1. The van der Waals surface area contributed by atoms with Crippen molar-refractivity contribution in [2.45, 2.75) is 18.0 Å². The van der Waals surface area contributed by atoms with E-state index in [1.54, 1.807) is 4.90 Å². The lowest BCUT2D eigenvalue weighted by molar-refractivity contribution is 0.0179. The van der Waals surface area contributed by atoms with Crippen molar-refractivity contribution in [2.24, 2.45) is 0 Å². The van der Waals surface area contributed by atoms with E-state index >= 15 is 0 Å². The smallest absolute Gasteiger partial charge is 0.407 e. The Balaban J connectivity index is 0.00000140. The molecular weight excluding hydrogens is 397 g/mol.